The lowest BCUT2D eigenvalue weighted by Gasteiger charge is -2.22. The molecule has 0 N–H and O–H groups in total. The smallest absolute Gasteiger partial charge is 0.376 e. The van der Waals surface area contributed by atoms with Crippen LogP contribution in [0.25, 0.3) is 0 Å². The van der Waals surface area contributed by atoms with Crippen molar-refractivity contribution in [3.8, 4) is 0 Å². The molecule has 1 aromatic rings. The maximum absolute atomic E-state index is 11.7. The van der Waals surface area contributed by atoms with Gasteiger partial charge in [-0.1, -0.05) is 13.8 Å². The van der Waals surface area contributed by atoms with Crippen LogP contribution >= 0.6 is 0 Å². The van der Waals surface area contributed by atoms with Crippen molar-refractivity contribution in [1.29, 1.82) is 0 Å². The summed E-state index contributed by atoms with van der Waals surface area (Å²) in [5, 5.41) is 0. The first-order valence-corrected chi connectivity index (χ1v) is 6.24. The zero-order chi connectivity index (χ0) is 13.8. The molecule has 102 valence electrons. The number of rotatable bonds is 6. The van der Waals surface area contributed by atoms with Gasteiger partial charge in [-0.2, -0.15) is 0 Å². The van der Waals surface area contributed by atoms with Crippen molar-refractivity contribution < 1.29 is 18.7 Å². The summed E-state index contributed by atoms with van der Waals surface area (Å²) in [6.45, 7) is 7.84. The number of aromatic nitrogens is 1. The molecule has 1 aromatic heterocycles. The monoisotopic (exact) mass is 255 g/mol. The highest BCUT2D eigenvalue weighted by atomic mass is 16.5. The summed E-state index contributed by atoms with van der Waals surface area (Å²) in [5.41, 5.74) is -0.00513. The maximum Gasteiger partial charge on any atom is 0.376 e. The van der Waals surface area contributed by atoms with Gasteiger partial charge in [0.05, 0.1) is 12.3 Å². The van der Waals surface area contributed by atoms with Crippen molar-refractivity contribution in [3.63, 3.8) is 0 Å². The Morgan fingerprint density at radius 2 is 2.06 bits per heavy atom. The van der Waals surface area contributed by atoms with E-state index in [-0.39, 0.29) is 5.76 Å². The van der Waals surface area contributed by atoms with Gasteiger partial charge in [0.15, 0.2) is 0 Å². The number of aryl methyl sites for hydroxylation is 1. The Hall–Kier alpha value is -1.36. The number of nitrogens with zero attached hydrogens (tertiary/aromatic N) is 1. The van der Waals surface area contributed by atoms with Gasteiger partial charge in [-0.05, 0) is 26.7 Å². The fourth-order valence-electron chi connectivity index (χ4n) is 1.56. The molecule has 0 aliphatic rings. The minimum absolute atomic E-state index is 0.186. The van der Waals surface area contributed by atoms with Gasteiger partial charge in [0, 0.05) is 7.11 Å². The molecule has 0 aromatic carbocycles. The molecule has 1 rings (SSSR count). The number of carbonyl (C=O) groups is 1. The Morgan fingerprint density at radius 1 is 1.39 bits per heavy atom. The van der Waals surface area contributed by atoms with E-state index in [9.17, 15) is 4.79 Å². The van der Waals surface area contributed by atoms with Crippen LogP contribution < -0.4 is 0 Å². The first kappa shape index (κ1) is 14.7. The third-order valence-corrected chi connectivity index (χ3v) is 3.07. The fourth-order valence-corrected chi connectivity index (χ4v) is 1.56. The van der Waals surface area contributed by atoms with Crippen molar-refractivity contribution in [1.82, 2.24) is 4.98 Å². The molecule has 0 spiro atoms. The van der Waals surface area contributed by atoms with Crippen molar-refractivity contribution in [2.75, 3.05) is 13.7 Å². The summed E-state index contributed by atoms with van der Waals surface area (Å²) in [6.07, 6.45) is 1.32. The third-order valence-electron chi connectivity index (χ3n) is 3.07. The van der Waals surface area contributed by atoms with E-state index < -0.39 is 11.6 Å². The number of methoxy groups -OCH3 is 1. The minimum Gasteiger partial charge on any atom is -0.460 e. The van der Waals surface area contributed by atoms with Gasteiger partial charge in [0.1, 0.15) is 5.60 Å². The molecule has 1 atom stereocenters. The molecular weight excluding hydrogens is 234 g/mol. The minimum atomic E-state index is -0.616. The highest BCUT2D eigenvalue weighted by Crippen LogP contribution is 2.29. The Balaban J connectivity index is 3.15. The summed E-state index contributed by atoms with van der Waals surface area (Å²) >= 11 is 0. The predicted octanol–water partition coefficient (Wildman–Crippen LogP) is 2.69. The number of hydrogen-bond donors (Lipinski definition) is 0. The average Bonchev–Trinajstić information content (AvgIpc) is 2.82. The highest BCUT2D eigenvalue weighted by Gasteiger charge is 2.33. The van der Waals surface area contributed by atoms with Crippen LogP contribution in [0.2, 0.25) is 0 Å². The summed E-state index contributed by atoms with van der Waals surface area (Å²) in [7, 11) is 1.60. The van der Waals surface area contributed by atoms with Gasteiger partial charge >= 0.3 is 5.97 Å². The average molecular weight is 255 g/mol. The second-order valence-electron chi connectivity index (χ2n) is 4.16. The predicted molar refractivity (Wildman–Crippen MR) is 66.5 cm³/mol. The molecule has 5 nitrogen and oxygen atoms in total. The van der Waals surface area contributed by atoms with Gasteiger partial charge in [0.2, 0.25) is 11.7 Å². The van der Waals surface area contributed by atoms with Gasteiger partial charge in [-0.25, -0.2) is 9.78 Å². The van der Waals surface area contributed by atoms with Gasteiger partial charge in [0.25, 0.3) is 0 Å². The number of carbonyl (C=O) groups excluding carboxylic acids is 1. The third kappa shape index (κ3) is 2.72. The van der Waals surface area contributed by atoms with E-state index >= 15 is 0 Å². The summed E-state index contributed by atoms with van der Waals surface area (Å²) in [5.74, 6) is 0.140. The lowest BCUT2D eigenvalue weighted by molar-refractivity contribution is -0.0244. The molecule has 1 heterocycles. The lowest BCUT2D eigenvalue weighted by atomic mass is 10.0. The quantitative estimate of drug-likeness (QED) is 0.731. The van der Waals surface area contributed by atoms with Crippen molar-refractivity contribution in [2.45, 2.75) is 46.1 Å². The van der Waals surface area contributed by atoms with E-state index in [2.05, 4.69) is 4.98 Å². The van der Waals surface area contributed by atoms with Crippen LogP contribution in [0, 0.1) is 0 Å². The molecule has 0 fully saturated rings. The molecule has 0 aliphatic carbocycles. The largest absolute Gasteiger partial charge is 0.460 e. The van der Waals surface area contributed by atoms with Gasteiger partial charge < -0.3 is 13.9 Å². The van der Waals surface area contributed by atoms with E-state index in [1.54, 1.807) is 14.0 Å². The molecule has 0 aliphatic heterocycles. The second kappa shape index (κ2) is 6.00. The zero-order valence-electron chi connectivity index (χ0n) is 11.7. The number of oxazole rings is 1. The number of esters is 1. The molecular formula is C13H21NO4. The summed E-state index contributed by atoms with van der Waals surface area (Å²) in [4.78, 5) is 16.1. The van der Waals surface area contributed by atoms with Gasteiger partial charge in [-0.3, -0.25) is 0 Å². The Morgan fingerprint density at radius 3 is 2.50 bits per heavy atom. The van der Waals surface area contributed by atoms with E-state index in [0.717, 1.165) is 0 Å². The highest BCUT2D eigenvalue weighted by molar-refractivity contribution is 5.87. The molecule has 0 radical (unpaired) electrons. The standard InChI is InChI=1S/C13H21NO4/c1-6-9-10(11(15)17-8-3)18-12(14-9)13(4,7-2)16-5/h6-8H2,1-5H3. The molecule has 5 heteroatoms. The lowest BCUT2D eigenvalue weighted by Crippen LogP contribution is -2.23. The SMILES string of the molecule is CCOC(=O)c1oc(C(C)(CC)OC)nc1CC. The molecule has 1 unspecified atom stereocenters. The summed E-state index contributed by atoms with van der Waals surface area (Å²) in [6, 6.07) is 0. The van der Waals surface area contributed by atoms with Crippen LogP contribution in [0.3, 0.4) is 0 Å². The molecule has 0 amide bonds. The molecule has 0 bridgehead atoms. The van der Waals surface area contributed by atoms with Gasteiger partial charge in [-0.15, -0.1) is 0 Å². The normalized spacial score (nSPS) is 14.3. The first-order chi connectivity index (χ1) is 8.52. The van der Waals surface area contributed by atoms with Crippen LogP contribution in [-0.4, -0.2) is 24.7 Å². The molecule has 0 saturated carbocycles. The topological polar surface area (TPSA) is 61.6 Å². The Labute approximate surface area is 107 Å². The van der Waals surface area contributed by atoms with Crippen LogP contribution in [0.4, 0.5) is 0 Å². The fraction of sp³-hybridized carbons (Fsp3) is 0.692. The second-order valence-corrected chi connectivity index (χ2v) is 4.16. The van der Waals surface area contributed by atoms with E-state index in [0.29, 0.717) is 31.0 Å². The van der Waals surface area contributed by atoms with Crippen LogP contribution in [0.5, 0.6) is 0 Å². The van der Waals surface area contributed by atoms with Crippen molar-refractivity contribution in [3.05, 3.63) is 17.3 Å². The van der Waals surface area contributed by atoms with Crippen molar-refractivity contribution >= 4 is 5.97 Å². The van der Waals surface area contributed by atoms with Crippen LogP contribution in [-0.2, 0) is 21.5 Å². The number of ether oxygens (including phenoxy) is 2. The molecule has 0 saturated heterocycles. The first-order valence-electron chi connectivity index (χ1n) is 6.24. The van der Waals surface area contributed by atoms with E-state index in [4.69, 9.17) is 13.9 Å². The summed E-state index contributed by atoms with van der Waals surface area (Å²) < 4.78 is 15.9. The Kier molecular flexibility index (Phi) is 4.90. The van der Waals surface area contributed by atoms with E-state index in [1.165, 1.54) is 0 Å². The van der Waals surface area contributed by atoms with Crippen LogP contribution in [0.15, 0.2) is 4.42 Å². The number of hydrogen-bond acceptors (Lipinski definition) is 5. The zero-order valence-corrected chi connectivity index (χ0v) is 11.7. The molecule has 18 heavy (non-hydrogen) atoms. The Bertz CT molecular complexity index is 407. The van der Waals surface area contributed by atoms with Crippen LogP contribution in [0.1, 0.15) is 56.3 Å². The maximum atomic E-state index is 11.7. The van der Waals surface area contributed by atoms with Crippen molar-refractivity contribution in [2.24, 2.45) is 0 Å². The van der Waals surface area contributed by atoms with E-state index in [1.807, 2.05) is 20.8 Å².